The van der Waals surface area contributed by atoms with Gasteiger partial charge in [-0.25, -0.2) is 9.97 Å². The molecule has 2 N–H and O–H groups in total. The first kappa shape index (κ1) is 20.5. The SMILES string of the molecule is CCCCCCCCc1cc2cc3ccc(cc4nc(cc5nc(cc1[nH]2)C=C5)C=C4)[nH]3. The Hall–Kier alpha value is -3.40. The molecule has 0 amide bonds. The van der Waals surface area contributed by atoms with Crippen LogP contribution in [0, 0.1) is 0 Å². The van der Waals surface area contributed by atoms with E-state index in [4.69, 9.17) is 9.97 Å². The first-order valence-electron chi connectivity index (χ1n) is 11.8. The number of aromatic nitrogens is 4. The number of aromatic amines is 2. The van der Waals surface area contributed by atoms with E-state index in [2.05, 4.69) is 65.4 Å². The smallest absolute Gasteiger partial charge is 0.0659 e. The lowest BCUT2D eigenvalue weighted by molar-refractivity contribution is 0.608. The normalized spacial score (nSPS) is 12.5. The Bertz CT molecular complexity index is 1320. The van der Waals surface area contributed by atoms with Crippen LogP contribution >= 0.6 is 0 Å². The number of fused-ring (bicyclic) bond motifs is 8. The van der Waals surface area contributed by atoms with Crippen molar-refractivity contribution in [1.82, 2.24) is 19.9 Å². The summed E-state index contributed by atoms with van der Waals surface area (Å²) in [5, 5.41) is 0. The molecule has 0 fully saturated rings. The van der Waals surface area contributed by atoms with Gasteiger partial charge in [-0.3, -0.25) is 0 Å². The van der Waals surface area contributed by atoms with Gasteiger partial charge in [-0.1, -0.05) is 39.0 Å². The van der Waals surface area contributed by atoms with Crippen molar-refractivity contribution in [3.05, 3.63) is 70.8 Å². The molecule has 0 saturated carbocycles. The highest BCUT2D eigenvalue weighted by Gasteiger charge is 2.05. The van der Waals surface area contributed by atoms with Gasteiger partial charge in [-0.15, -0.1) is 0 Å². The van der Waals surface area contributed by atoms with Gasteiger partial charge in [0.15, 0.2) is 0 Å². The van der Waals surface area contributed by atoms with E-state index in [1.807, 2.05) is 18.2 Å². The van der Waals surface area contributed by atoms with E-state index in [-0.39, 0.29) is 0 Å². The number of nitrogens with one attached hydrogen (secondary N) is 2. The highest BCUT2D eigenvalue weighted by molar-refractivity contribution is 5.78. The number of unbranched alkanes of at least 4 members (excludes halogenated alkanes) is 5. The number of nitrogens with zero attached hydrogens (tertiary/aromatic N) is 2. The third kappa shape index (κ3) is 4.91. The van der Waals surface area contributed by atoms with E-state index in [9.17, 15) is 0 Å². The second kappa shape index (κ2) is 9.39. The topological polar surface area (TPSA) is 57.4 Å². The molecule has 0 aromatic carbocycles. The summed E-state index contributed by atoms with van der Waals surface area (Å²) in [7, 11) is 0. The van der Waals surface area contributed by atoms with Gasteiger partial charge in [0, 0.05) is 22.1 Å². The second-order valence-electron chi connectivity index (χ2n) is 8.72. The average Bonchev–Trinajstić information content (AvgIpc) is 3.56. The standard InChI is InChI=1S/C28H30N4/c1-2-3-4-5-6-7-8-20-15-27-18-25-12-11-23(30-25)16-21-9-10-22(29-21)17-24-13-14-26(31-24)19-28(20)32-27/h9-19,30,32H,2-8H2,1H3. The molecule has 3 aromatic heterocycles. The summed E-state index contributed by atoms with van der Waals surface area (Å²) in [5.74, 6) is 0. The molecule has 0 unspecified atom stereocenters. The van der Waals surface area contributed by atoms with Crippen molar-refractivity contribution < 1.29 is 0 Å². The molecule has 0 aliphatic carbocycles. The van der Waals surface area contributed by atoms with Crippen LogP contribution in [0.5, 0.6) is 0 Å². The van der Waals surface area contributed by atoms with E-state index in [1.165, 1.54) is 44.1 Å². The predicted molar refractivity (Wildman–Crippen MR) is 136 cm³/mol. The maximum atomic E-state index is 4.79. The van der Waals surface area contributed by atoms with Crippen molar-refractivity contribution in [3.63, 3.8) is 0 Å². The maximum Gasteiger partial charge on any atom is 0.0659 e. The maximum absolute atomic E-state index is 4.79. The quantitative estimate of drug-likeness (QED) is 0.266. The Balaban J connectivity index is 1.56. The van der Waals surface area contributed by atoms with Crippen LogP contribution in [0.4, 0.5) is 0 Å². The summed E-state index contributed by atoms with van der Waals surface area (Å²) in [6, 6.07) is 15.0. The van der Waals surface area contributed by atoms with Crippen LogP contribution in [0.3, 0.4) is 0 Å². The first-order valence-corrected chi connectivity index (χ1v) is 11.8. The minimum Gasteiger partial charge on any atom is -0.355 e. The molecule has 0 spiro atoms. The van der Waals surface area contributed by atoms with Crippen molar-refractivity contribution in [3.8, 4) is 0 Å². The minimum absolute atomic E-state index is 0.928. The third-order valence-corrected chi connectivity index (χ3v) is 6.05. The number of hydrogen-bond acceptors (Lipinski definition) is 2. The molecule has 3 aromatic rings. The molecule has 8 bridgehead atoms. The van der Waals surface area contributed by atoms with Gasteiger partial charge in [0.1, 0.15) is 0 Å². The van der Waals surface area contributed by atoms with Crippen LogP contribution in [-0.2, 0) is 6.42 Å². The first-order chi connectivity index (χ1) is 15.7. The summed E-state index contributed by atoms with van der Waals surface area (Å²) in [5.41, 5.74) is 9.55. The molecular formula is C28H30N4. The second-order valence-corrected chi connectivity index (χ2v) is 8.72. The summed E-state index contributed by atoms with van der Waals surface area (Å²) in [4.78, 5) is 16.6. The van der Waals surface area contributed by atoms with Crippen LogP contribution in [0.2, 0.25) is 0 Å². The molecule has 0 radical (unpaired) electrons. The lowest BCUT2D eigenvalue weighted by Gasteiger charge is -2.00. The zero-order valence-electron chi connectivity index (χ0n) is 18.7. The summed E-state index contributed by atoms with van der Waals surface area (Å²) in [6.07, 6.45) is 17.1. The van der Waals surface area contributed by atoms with Gasteiger partial charge >= 0.3 is 0 Å². The monoisotopic (exact) mass is 422 g/mol. The van der Waals surface area contributed by atoms with Gasteiger partial charge in [-0.2, -0.15) is 0 Å². The molecule has 5 heterocycles. The Morgan fingerprint density at radius 1 is 0.594 bits per heavy atom. The van der Waals surface area contributed by atoms with E-state index in [0.29, 0.717) is 0 Å². The van der Waals surface area contributed by atoms with E-state index in [1.54, 1.807) is 0 Å². The molecule has 2 aliphatic rings. The van der Waals surface area contributed by atoms with E-state index < -0.39 is 0 Å². The fourth-order valence-corrected chi connectivity index (χ4v) is 4.38. The van der Waals surface area contributed by atoms with Crippen LogP contribution in [0.25, 0.3) is 46.4 Å². The highest BCUT2D eigenvalue weighted by atomic mass is 14.8. The van der Waals surface area contributed by atoms with Gasteiger partial charge < -0.3 is 9.97 Å². The predicted octanol–water partition coefficient (Wildman–Crippen LogP) is 7.56. The number of hydrogen-bond donors (Lipinski definition) is 2. The van der Waals surface area contributed by atoms with Crippen molar-refractivity contribution in [2.45, 2.75) is 51.9 Å². The Kier molecular flexibility index (Phi) is 6.02. The van der Waals surface area contributed by atoms with Crippen LogP contribution < -0.4 is 0 Å². The summed E-state index contributed by atoms with van der Waals surface area (Å²) < 4.78 is 0. The van der Waals surface area contributed by atoms with E-state index >= 15 is 0 Å². The summed E-state index contributed by atoms with van der Waals surface area (Å²) in [6.45, 7) is 2.27. The van der Waals surface area contributed by atoms with Crippen molar-refractivity contribution in [2.75, 3.05) is 0 Å². The largest absolute Gasteiger partial charge is 0.355 e. The lowest BCUT2D eigenvalue weighted by atomic mass is 10.1. The van der Waals surface area contributed by atoms with Crippen LogP contribution in [0.15, 0.2) is 42.5 Å². The van der Waals surface area contributed by atoms with Gasteiger partial charge in [-0.05, 0) is 85.2 Å². The van der Waals surface area contributed by atoms with Crippen molar-refractivity contribution >= 4 is 46.4 Å². The fraction of sp³-hybridized carbons (Fsp3) is 0.286. The molecule has 162 valence electrons. The molecule has 2 aliphatic heterocycles. The Morgan fingerprint density at radius 2 is 1.22 bits per heavy atom. The lowest BCUT2D eigenvalue weighted by Crippen LogP contribution is -1.85. The van der Waals surface area contributed by atoms with Crippen LogP contribution in [-0.4, -0.2) is 19.9 Å². The third-order valence-electron chi connectivity index (χ3n) is 6.05. The zero-order chi connectivity index (χ0) is 21.8. The highest BCUT2D eigenvalue weighted by Crippen LogP contribution is 2.21. The summed E-state index contributed by atoms with van der Waals surface area (Å²) >= 11 is 0. The van der Waals surface area contributed by atoms with Crippen LogP contribution in [0.1, 0.15) is 73.8 Å². The Morgan fingerprint density at radius 3 is 1.97 bits per heavy atom. The minimum atomic E-state index is 0.928. The van der Waals surface area contributed by atoms with Crippen molar-refractivity contribution in [2.24, 2.45) is 0 Å². The zero-order valence-corrected chi connectivity index (χ0v) is 18.7. The van der Waals surface area contributed by atoms with Gasteiger partial charge in [0.2, 0.25) is 0 Å². The molecule has 4 nitrogen and oxygen atoms in total. The Labute approximate surface area is 189 Å². The number of H-pyrrole nitrogens is 2. The average molecular weight is 423 g/mol. The van der Waals surface area contributed by atoms with Gasteiger partial charge in [0.25, 0.3) is 0 Å². The van der Waals surface area contributed by atoms with Crippen molar-refractivity contribution in [1.29, 1.82) is 0 Å². The molecule has 5 rings (SSSR count). The number of rotatable bonds is 7. The van der Waals surface area contributed by atoms with E-state index in [0.717, 1.165) is 51.3 Å². The van der Waals surface area contributed by atoms with Gasteiger partial charge in [0.05, 0.1) is 22.8 Å². The molecular weight excluding hydrogens is 392 g/mol. The molecule has 4 heteroatoms. The molecule has 32 heavy (non-hydrogen) atoms. The number of aryl methyl sites for hydroxylation is 1. The molecule has 0 atom stereocenters. The molecule has 0 saturated heterocycles. The fourth-order valence-electron chi connectivity index (χ4n) is 4.38.